The Kier molecular flexibility index (Phi) is 7.19. The number of hydrogen-bond acceptors (Lipinski definition) is 2. The van der Waals surface area contributed by atoms with Crippen molar-refractivity contribution in [2.45, 2.75) is 73.6 Å². The molecule has 0 aromatic rings. The molecular formula is C19H40N2. The normalized spacial score (nSPS) is 24.6. The van der Waals surface area contributed by atoms with Crippen LogP contribution in [0.25, 0.3) is 0 Å². The van der Waals surface area contributed by atoms with Crippen LogP contribution in [0, 0.1) is 22.7 Å². The highest BCUT2D eigenvalue weighted by Crippen LogP contribution is 2.40. The van der Waals surface area contributed by atoms with Gasteiger partial charge in [0, 0.05) is 13.1 Å². The minimum atomic E-state index is 0.248. The molecule has 1 saturated carbocycles. The van der Waals surface area contributed by atoms with Crippen molar-refractivity contribution in [2.75, 3.05) is 26.2 Å². The van der Waals surface area contributed by atoms with Crippen molar-refractivity contribution in [1.82, 2.24) is 4.90 Å². The second kappa shape index (κ2) is 7.97. The van der Waals surface area contributed by atoms with Crippen molar-refractivity contribution in [1.29, 1.82) is 0 Å². The van der Waals surface area contributed by atoms with Crippen molar-refractivity contribution in [3.63, 3.8) is 0 Å². The SMILES string of the molecule is CCCN(CC1CCC(C(C)(C)C)CC1)CC(C)(C)CN. The second-order valence-electron chi connectivity index (χ2n) is 9.19. The van der Waals surface area contributed by atoms with Crippen LogP contribution >= 0.6 is 0 Å². The molecule has 1 aliphatic carbocycles. The van der Waals surface area contributed by atoms with Gasteiger partial charge in [0.1, 0.15) is 0 Å². The lowest BCUT2D eigenvalue weighted by Crippen LogP contribution is -2.42. The molecule has 126 valence electrons. The van der Waals surface area contributed by atoms with E-state index in [2.05, 4.69) is 46.4 Å². The molecule has 0 radical (unpaired) electrons. The number of nitrogens with zero attached hydrogens (tertiary/aromatic N) is 1. The fourth-order valence-corrected chi connectivity index (χ4v) is 3.80. The Balaban J connectivity index is 2.47. The Hall–Kier alpha value is -0.0800. The largest absolute Gasteiger partial charge is 0.330 e. The van der Waals surface area contributed by atoms with E-state index in [0.717, 1.165) is 24.9 Å². The van der Waals surface area contributed by atoms with Crippen molar-refractivity contribution >= 4 is 0 Å². The van der Waals surface area contributed by atoms with Crippen LogP contribution in [0.5, 0.6) is 0 Å². The van der Waals surface area contributed by atoms with E-state index in [4.69, 9.17) is 5.73 Å². The lowest BCUT2D eigenvalue weighted by atomic mass is 9.70. The van der Waals surface area contributed by atoms with Crippen LogP contribution < -0.4 is 5.73 Å². The molecule has 0 atom stereocenters. The van der Waals surface area contributed by atoms with Gasteiger partial charge in [-0.3, -0.25) is 0 Å². The number of hydrogen-bond donors (Lipinski definition) is 1. The molecule has 0 aromatic heterocycles. The van der Waals surface area contributed by atoms with Crippen LogP contribution in [0.3, 0.4) is 0 Å². The highest BCUT2D eigenvalue weighted by molar-refractivity contribution is 4.83. The van der Waals surface area contributed by atoms with Gasteiger partial charge in [-0.1, -0.05) is 41.5 Å². The van der Waals surface area contributed by atoms with E-state index in [9.17, 15) is 0 Å². The molecule has 0 spiro atoms. The van der Waals surface area contributed by atoms with Crippen molar-refractivity contribution < 1.29 is 0 Å². The van der Waals surface area contributed by atoms with Crippen LogP contribution in [0.2, 0.25) is 0 Å². The molecule has 21 heavy (non-hydrogen) atoms. The third kappa shape index (κ3) is 6.69. The summed E-state index contributed by atoms with van der Waals surface area (Å²) in [7, 11) is 0. The summed E-state index contributed by atoms with van der Waals surface area (Å²) in [6, 6.07) is 0. The first-order chi connectivity index (χ1) is 9.68. The molecule has 1 fully saturated rings. The van der Waals surface area contributed by atoms with Gasteiger partial charge in [0.05, 0.1) is 0 Å². The molecule has 0 bridgehead atoms. The third-order valence-electron chi connectivity index (χ3n) is 5.33. The van der Waals surface area contributed by atoms with E-state index >= 15 is 0 Å². The van der Waals surface area contributed by atoms with Gasteiger partial charge in [0.2, 0.25) is 0 Å². The molecular weight excluding hydrogens is 256 g/mol. The molecule has 2 nitrogen and oxygen atoms in total. The van der Waals surface area contributed by atoms with Gasteiger partial charge in [0.15, 0.2) is 0 Å². The molecule has 1 rings (SSSR count). The smallest absolute Gasteiger partial charge is 0.00449 e. The fourth-order valence-electron chi connectivity index (χ4n) is 3.80. The van der Waals surface area contributed by atoms with Gasteiger partial charge < -0.3 is 10.6 Å². The second-order valence-corrected chi connectivity index (χ2v) is 9.19. The molecule has 0 saturated heterocycles. The van der Waals surface area contributed by atoms with Crippen LogP contribution in [0.1, 0.15) is 73.6 Å². The van der Waals surface area contributed by atoms with Gasteiger partial charge in [-0.05, 0) is 67.9 Å². The Morgan fingerprint density at radius 2 is 1.57 bits per heavy atom. The van der Waals surface area contributed by atoms with E-state index in [1.165, 1.54) is 45.2 Å². The number of rotatable bonds is 7. The van der Waals surface area contributed by atoms with Crippen molar-refractivity contribution in [2.24, 2.45) is 28.4 Å². The zero-order valence-electron chi connectivity index (χ0n) is 15.5. The summed E-state index contributed by atoms with van der Waals surface area (Å²) >= 11 is 0. The minimum absolute atomic E-state index is 0.248. The summed E-state index contributed by atoms with van der Waals surface area (Å²) in [6.07, 6.45) is 6.94. The van der Waals surface area contributed by atoms with Gasteiger partial charge in [-0.25, -0.2) is 0 Å². The third-order valence-corrected chi connectivity index (χ3v) is 5.33. The van der Waals surface area contributed by atoms with E-state index in [0.29, 0.717) is 5.41 Å². The molecule has 1 aliphatic rings. The van der Waals surface area contributed by atoms with Crippen molar-refractivity contribution in [3.05, 3.63) is 0 Å². The molecule has 0 aromatic carbocycles. The topological polar surface area (TPSA) is 29.3 Å². The van der Waals surface area contributed by atoms with Crippen LogP contribution in [-0.4, -0.2) is 31.1 Å². The lowest BCUT2D eigenvalue weighted by Gasteiger charge is -2.39. The first-order valence-corrected chi connectivity index (χ1v) is 9.10. The maximum atomic E-state index is 5.92. The Morgan fingerprint density at radius 3 is 2.00 bits per heavy atom. The van der Waals surface area contributed by atoms with Gasteiger partial charge >= 0.3 is 0 Å². The Morgan fingerprint density at radius 1 is 1.00 bits per heavy atom. The maximum absolute atomic E-state index is 5.92. The summed E-state index contributed by atoms with van der Waals surface area (Å²) in [5, 5.41) is 0. The average Bonchev–Trinajstić information content (AvgIpc) is 2.38. The zero-order valence-corrected chi connectivity index (χ0v) is 15.5. The summed E-state index contributed by atoms with van der Waals surface area (Å²) in [5.74, 6) is 1.83. The minimum Gasteiger partial charge on any atom is -0.330 e. The van der Waals surface area contributed by atoms with E-state index in [1.807, 2.05) is 0 Å². The molecule has 0 aliphatic heterocycles. The van der Waals surface area contributed by atoms with Crippen molar-refractivity contribution in [3.8, 4) is 0 Å². The Bertz CT molecular complexity index is 282. The predicted molar refractivity (Wildman–Crippen MR) is 94.5 cm³/mol. The summed E-state index contributed by atoms with van der Waals surface area (Å²) < 4.78 is 0. The van der Waals surface area contributed by atoms with Gasteiger partial charge in [0.25, 0.3) is 0 Å². The van der Waals surface area contributed by atoms with Gasteiger partial charge in [-0.2, -0.15) is 0 Å². The van der Waals surface area contributed by atoms with Crippen LogP contribution in [0.4, 0.5) is 0 Å². The zero-order chi connectivity index (χ0) is 16.1. The molecule has 2 heteroatoms. The van der Waals surface area contributed by atoms with Crippen LogP contribution in [0.15, 0.2) is 0 Å². The van der Waals surface area contributed by atoms with E-state index in [-0.39, 0.29) is 5.41 Å². The highest BCUT2D eigenvalue weighted by atomic mass is 15.1. The monoisotopic (exact) mass is 296 g/mol. The maximum Gasteiger partial charge on any atom is 0.00449 e. The average molecular weight is 297 g/mol. The van der Waals surface area contributed by atoms with E-state index in [1.54, 1.807) is 0 Å². The fraction of sp³-hybridized carbons (Fsp3) is 1.00. The molecule has 2 N–H and O–H groups in total. The predicted octanol–water partition coefficient (Wildman–Crippen LogP) is 4.54. The molecule has 0 heterocycles. The first-order valence-electron chi connectivity index (χ1n) is 9.10. The standard InChI is InChI=1S/C19H40N2/c1-7-12-21(15-19(5,6)14-20)13-16-8-10-17(11-9-16)18(2,3)4/h16-17H,7-15,20H2,1-6H3. The summed E-state index contributed by atoms with van der Waals surface area (Å²) in [5.41, 5.74) is 6.67. The lowest BCUT2D eigenvalue weighted by molar-refractivity contribution is 0.107. The van der Waals surface area contributed by atoms with Crippen LogP contribution in [-0.2, 0) is 0 Å². The van der Waals surface area contributed by atoms with Gasteiger partial charge in [-0.15, -0.1) is 0 Å². The first kappa shape index (κ1) is 19.0. The summed E-state index contributed by atoms with van der Waals surface area (Å²) in [6.45, 7) is 18.6. The quantitative estimate of drug-likeness (QED) is 0.747. The highest BCUT2D eigenvalue weighted by Gasteiger charge is 2.30. The molecule has 0 unspecified atom stereocenters. The summed E-state index contributed by atoms with van der Waals surface area (Å²) in [4.78, 5) is 2.68. The number of nitrogens with two attached hydrogens (primary N) is 1. The van der Waals surface area contributed by atoms with E-state index < -0.39 is 0 Å². The Labute approximate surface area is 133 Å². The molecule has 0 amide bonds.